The third kappa shape index (κ3) is 6.09. The number of hydrogen-bond acceptors (Lipinski definition) is 6. The zero-order chi connectivity index (χ0) is 20.2. The molecule has 2 atom stereocenters. The molecular weight excluding hydrogens is 350 g/mol. The lowest BCUT2D eigenvalue weighted by Gasteiger charge is -2.40. The van der Waals surface area contributed by atoms with Crippen LogP contribution in [0.4, 0.5) is 9.59 Å². The van der Waals surface area contributed by atoms with E-state index in [2.05, 4.69) is 25.7 Å². The molecule has 2 N–H and O–H groups in total. The molecule has 1 aromatic heterocycles. The molecule has 152 valence electrons. The van der Waals surface area contributed by atoms with Crippen molar-refractivity contribution in [1.82, 2.24) is 35.2 Å². The molecule has 10 nitrogen and oxygen atoms in total. The zero-order valence-electron chi connectivity index (χ0n) is 17.0. The van der Waals surface area contributed by atoms with E-state index >= 15 is 0 Å². The fourth-order valence-electron chi connectivity index (χ4n) is 2.98. The summed E-state index contributed by atoms with van der Waals surface area (Å²) < 4.78 is 7.05. The van der Waals surface area contributed by atoms with Gasteiger partial charge in [0.1, 0.15) is 11.9 Å². The van der Waals surface area contributed by atoms with Crippen molar-refractivity contribution in [2.75, 3.05) is 33.2 Å². The minimum atomic E-state index is -0.559. The number of urea groups is 1. The summed E-state index contributed by atoms with van der Waals surface area (Å²) in [6.07, 6.45) is 1.12. The summed E-state index contributed by atoms with van der Waals surface area (Å²) in [5.74, 6) is 0.681. The quantitative estimate of drug-likeness (QED) is 0.797. The summed E-state index contributed by atoms with van der Waals surface area (Å²) in [6, 6.07) is -0.610. The van der Waals surface area contributed by atoms with E-state index in [1.165, 1.54) is 0 Å². The maximum atomic E-state index is 12.8. The van der Waals surface area contributed by atoms with Crippen molar-refractivity contribution in [2.24, 2.45) is 7.05 Å². The molecule has 10 heteroatoms. The van der Waals surface area contributed by atoms with Gasteiger partial charge in [-0.05, 0) is 34.7 Å². The Balaban J connectivity index is 1.96. The Hall–Kier alpha value is -2.36. The number of carbonyl (C=O) groups excluding carboxylic acids is 2. The second-order valence-electron chi connectivity index (χ2n) is 7.96. The number of rotatable bonds is 4. The fourth-order valence-corrected chi connectivity index (χ4v) is 2.98. The van der Waals surface area contributed by atoms with Gasteiger partial charge >= 0.3 is 12.1 Å². The number of likely N-dealkylation sites (N-methyl/N-ethyl adjacent to an activating group) is 1. The molecule has 1 aromatic rings. The summed E-state index contributed by atoms with van der Waals surface area (Å²) in [6.45, 7) is 9.65. The van der Waals surface area contributed by atoms with Crippen molar-refractivity contribution in [3.05, 3.63) is 12.2 Å². The van der Waals surface area contributed by atoms with Gasteiger partial charge in [0.25, 0.3) is 0 Å². The Kier molecular flexibility index (Phi) is 6.63. The first-order valence-electron chi connectivity index (χ1n) is 9.13. The van der Waals surface area contributed by atoms with E-state index in [0.29, 0.717) is 25.5 Å². The third-order valence-electron chi connectivity index (χ3n) is 4.30. The molecule has 0 bridgehead atoms. The maximum Gasteiger partial charge on any atom is 0.407 e. The van der Waals surface area contributed by atoms with Crippen LogP contribution in [0.1, 0.15) is 39.6 Å². The second kappa shape index (κ2) is 8.55. The Morgan fingerprint density at radius 1 is 1.33 bits per heavy atom. The zero-order valence-corrected chi connectivity index (χ0v) is 17.0. The Morgan fingerprint density at radius 2 is 2.04 bits per heavy atom. The van der Waals surface area contributed by atoms with Gasteiger partial charge in [0.2, 0.25) is 0 Å². The van der Waals surface area contributed by atoms with Gasteiger partial charge in [-0.15, -0.1) is 10.2 Å². The Morgan fingerprint density at radius 3 is 2.63 bits per heavy atom. The van der Waals surface area contributed by atoms with Crippen molar-refractivity contribution in [1.29, 1.82) is 0 Å². The second-order valence-corrected chi connectivity index (χ2v) is 7.96. The van der Waals surface area contributed by atoms with Gasteiger partial charge in [-0.2, -0.15) is 0 Å². The van der Waals surface area contributed by atoms with E-state index in [1.807, 2.05) is 41.8 Å². The molecule has 0 aliphatic carbocycles. The summed E-state index contributed by atoms with van der Waals surface area (Å²) in [5.41, 5.74) is -0.559. The van der Waals surface area contributed by atoms with Gasteiger partial charge in [0.15, 0.2) is 5.82 Å². The Labute approximate surface area is 160 Å². The fraction of sp³-hybridized carbons (Fsp3) is 0.765. The van der Waals surface area contributed by atoms with Crippen LogP contribution in [0.2, 0.25) is 0 Å². The number of alkyl carbamates (subject to hydrolysis) is 1. The van der Waals surface area contributed by atoms with Crippen molar-refractivity contribution < 1.29 is 14.3 Å². The SMILES string of the molecule is C[C@@H](NC(=O)N1CCN(C)C[C@H]1CNC(=O)OC(C)(C)C)c1nncn1C. The van der Waals surface area contributed by atoms with Crippen LogP contribution in [0.15, 0.2) is 6.33 Å². The summed E-state index contributed by atoms with van der Waals surface area (Å²) >= 11 is 0. The molecular formula is C17H31N7O3. The monoisotopic (exact) mass is 381 g/mol. The number of amides is 3. The highest BCUT2D eigenvalue weighted by Gasteiger charge is 2.31. The van der Waals surface area contributed by atoms with Gasteiger partial charge < -0.3 is 29.7 Å². The average Bonchev–Trinajstić information content (AvgIpc) is 2.97. The van der Waals surface area contributed by atoms with Gasteiger partial charge in [-0.1, -0.05) is 0 Å². The molecule has 1 aliphatic heterocycles. The van der Waals surface area contributed by atoms with Crippen LogP contribution in [0.3, 0.4) is 0 Å². The minimum absolute atomic E-state index is 0.150. The van der Waals surface area contributed by atoms with Crippen molar-refractivity contribution in [3.63, 3.8) is 0 Å². The molecule has 1 fully saturated rings. The van der Waals surface area contributed by atoms with Crippen molar-refractivity contribution in [2.45, 2.75) is 45.4 Å². The number of hydrogen-bond donors (Lipinski definition) is 2. The van der Waals surface area contributed by atoms with E-state index in [4.69, 9.17) is 4.74 Å². The number of ether oxygens (including phenoxy) is 1. The normalized spacial score (nSPS) is 19.5. The van der Waals surface area contributed by atoms with Gasteiger partial charge in [-0.3, -0.25) is 0 Å². The van der Waals surface area contributed by atoms with Crippen LogP contribution in [0.25, 0.3) is 0 Å². The number of piperazine rings is 1. The van der Waals surface area contributed by atoms with Crippen molar-refractivity contribution >= 4 is 12.1 Å². The van der Waals surface area contributed by atoms with Crippen LogP contribution in [-0.2, 0) is 11.8 Å². The molecule has 0 saturated carbocycles. The highest BCUT2D eigenvalue weighted by atomic mass is 16.6. The first kappa shape index (κ1) is 20.9. The smallest absolute Gasteiger partial charge is 0.407 e. The third-order valence-corrected chi connectivity index (χ3v) is 4.30. The molecule has 0 radical (unpaired) electrons. The minimum Gasteiger partial charge on any atom is -0.444 e. The van der Waals surface area contributed by atoms with E-state index in [9.17, 15) is 9.59 Å². The first-order valence-corrected chi connectivity index (χ1v) is 9.13. The van der Waals surface area contributed by atoms with E-state index < -0.39 is 11.7 Å². The summed E-state index contributed by atoms with van der Waals surface area (Å²) in [4.78, 5) is 28.6. The molecule has 0 spiro atoms. The lowest BCUT2D eigenvalue weighted by atomic mass is 10.1. The van der Waals surface area contributed by atoms with Crippen LogP contribution in [0, 0.1) is 0 Å². The van der Waals surface area contributed by atoms with Crippen molar-refractivity contribution in [3.8, 4) is 0 Å². The topological polar surface area (TPSA) is 105 Å². The highest BCUT2D eigenvalue weighted by Crippen LogP contribution is 2.13. The molecule has 2 heterocycles. The largest absolute Gasteiger partial charge is 0.444 e. The lowest BCUT2D eigenvalue weighted by Crippen LogP contribution is -2.60. The number of aryl methyl sites for hydroxylation is 1. The average molecular weight is 381 g/mol. The van der Waals surface area contributed by atoms with E-state index in [1.54, 1.807) is 15.8 Å². The van der Waals surface area contributed by atoms with Crippen LogP contribution < -0.4 is 10.6 Å². The summed E-state index contributed by atoms with van der Waals surface area (Å²) in [7, 11) is 3.83. The van der Waals surface area contributed by atoms with Gasteiger partial charge in [0, 0.05) is 33.2 Å². The van der Waals surface area contributed by atoms with Crippen LogP contribution in [-0.4, -0.2) is 81.6 Å². The molecule has 0 aromatic carbocycles. The predicted octanol–water partition coefficient (Wildman–Crippen LogP) is 0.726. The van der Waals surface area contributed by atoms with E-state index in [0.717, 1.165) is 6.54 Å². The molecule has 3 amide bonds. The van der Waals surface area contributed by atoms with E-state index in [-0.39, 0.29) is 18.1 Å². The first-order chi connectivity index (χ1) is 12.6. The predicted molar refractivity (Wildman–Crippen MR) is 100 cm³/mol. The highest BCUT2D eigenvalue weighted by molar-refractivity contribution is 5.75. The number of carbonyl (C=O) groups is 2. The molecule has 2 rings (SSSR count). The molecule has 1 aliphatic rings. The molecule has 1 saturated heterocycles. The molecule has 0 unspecified atom stereocenters. The lowest BCUT2D eigenvalue weighted by molar-refractivity contribution is 0.0485. The van der Waals surface area contributed by atoms with Gasteiger partial charge in [0.05, 0.1) is 12.1 Å². The van der Waals surface area contributed by atoms with Gasteiger partial charge in [-0.25, -0.2) is 9.59 Å². The maximum absolute atomic E-state index is 12.8. The standard InChI is InChI=1S/C17H31N7O3/c1-12(14-21-19-11-23(14)6)20-15(25)24-8-7-22(5)10-13(24)9-18-16(26)27-17(2,3)4/h11-13H,7-10H2,1-6H3,(H,18,26)(H,20,25)/t12-,13-/m1/s1. The number of aromatic nitrogens is 3. The molecule has 27 heavy (non-hydrogen) atoms. The van der Waals surface area contributed by atoms with Crippen LogP contribution in [0.5, 0.6) is 0 Å². The number of nitrogens with zero attached hydrogens (tertiary/aromatic N) is 5. The summed E-state index contributed by atoms with van der Waals surface area (Å²) in [5, 5.41) is 13.6. The number of nitrogens with one attached hydrogen (secondary N) is 2. The Bertz CT molecular complexity index is 655. The van der Waals surface area contributed by atoms with Crippen LogP contribution >= 0.6 is 0 Å².